The lowest BCUT2D eigenvalue weighted by Crippen LogP contribution is -2.48. The molecule has 0 radical (unpaired) electrons. The molecule has 6 nitrogen and oxygen atoms in total. The summed E-state index contributed by atoms with van der Waals surface area (Å²) in [5.41, 5.74) is 0.826. The highest BCUT2D eigenvalue weighted by Gasteiger charge is 2.19. The van der Waals surface area contributed by atoms with E-state index in [-0.39, 0.29) is 18.5 Å². The Morgan fingerprint density at radius 1 is 1.39 bits per heavy atom. The molecular formula is C12H18N4O2. The van der Waals surface area contributed by atoms with Crippen molar-refractivity contribution in [2.75, 3.05) is 39.8 Å². The Balaban J connectivity index is 1.81. The summed E-state index contributed by atoms with van der Waals surface area (Å²) in [6.07, 6.45) is 1.62. The highest BCUT2D eigenvalue weighted by molar-refractivity contribution is 5.77. The summed E-state index contributed by atoms with van der Waals surface area (Å²) in [5, 5.41) is 0. The van der Waals surface area contributed by atoms with Crippen molar-refractivity contribution in [2.24, 2.45) is 0 Å². The van der Waals surface area contributed by atoms with E-state index in [4.69, 9.17) is 4.74 Å². The highest BCUT2D eigenvalue weighted by atomic mass is 16.5. The Morgan fingerprint density at radius 2 is 2.11 bits per heavy atom. The van der Waals surface area contributed by atoms with Crippen LogP contribution in [0.25, 0.3) is 0 Å². The molecule has 1 fully saturated rings. The summed E-state index contributed by atoms with van der Waals surface area (Å²) in [6, 6.07) is 2.05. The van der Waals surface area contributed by atoms with Crippen LogP contribution < -0.4 is 4.74 Å². The fraction of sp³-hybridized carbons (Fsp3) is 0.583. The van der Waals surface area contributed by atoms with Crippen molar-refractivity contribution in [3.63, 3.8) is 0 Å². The molecule has 2 heterocycles. The average Bonchev–Trinajstić information content (AvgIpc) is 2.37. The normalized spacial score (nSPS) is 16.7. The number of aryl methyl sites for hydroxylation is 1. The zero-order valence-corrected chi connectivity index (χ0v) is 10.8. The number of piperazine rings is 1. The second-order valence-electron chi connectivity index (χ2n) is 4.45. The maximum absolute atomic E-state index is 11.9. The van der Waals surface area contributed by atoms with Crippen molar-refractivity contribution in [1.82, 2.24) is 19.8 Å². The third kappa shape index (κ3) is 3.40. The van der Waals surface area contributed by atoms with Gasteiger partial charge >= 0.3 is 6.01 Å². The third-order valence-corrected chi connectivity index (χ3v) is 2.95. The molecule has 0 aliphatic carbocycles. The quantitative estimate of drug-likeness (QED) is 0.752. The number of nitrogens with zero attached hydrogens (tertiary/aromatic N) is 4. The van der Waals surface area contributed by atoms with E-state index in [1.165, 1.54) is 0 Å². The monoisotopic (exact) mass is 250 g/mol. The van der Waals surface area contributed by atoms with Crippen LogP contribution in [0.1, 0.15) is 5.69 Å². The summed E-state index contributed by atoms with van der Waals surface area (Å²) in [4.78, 5) is 24.0. The molecule has 0 unspecified atom stereocenters. The average molecular weight is 250 g/mol. The summed E-state index contributed by atoms with van der Waals surface area (Å²) in [5.74, 6) is -0.00629. The first kappa shape index (κ1) is 12.8. The van der Waals surface area contributed by atoms with Crippen molar-refractivity contribution < 1.29 is 9.53 Å². The molecule has 0 bridgehead atoms. The first-order valence-corrected chi connectivity index (χ1v) is 6.04. The van der Waals surface area contributed by atoms with Gasteiger partial charge in [0, 0.05) is 38.1 Å². The Bertz CT molecular complexity index is 416. The SMILES string of the molecule is Cc1ccnc(OCC(=O)N2CCN(C)CC2)n1. The van der Waals surface area contributed by atoms with E-state index >= 15 is 0 Å². The summed E-state index contributed by atoms with van der Waals surface area (Å²) < 4.78 is 5.30. The van der Waals surface area contributed by atoms with Crippen molar-refractivity contribution >= 4 is 5.91 Å². The minimum absolute atomic E-state index is 0.00629. The van der Waals surface area contributed by atoms with Crippen LogP contribution in [0, 0.1) is 6.92 Å². The van der Waals surface area contributed by atoms with E-state index in [9.17, 15) is 4.79 Å². The van der Waals surface area contributed by atoms with Gasteiger partial charge < -0.3 is 14.5 Å². The van der Waals surface area contributed by atoms with Crippen LogP contribution in [0.2, 0.25) is 0 Å². The first-order valence-electron chi connectivity index (χ1n) is 6.04. The van der Waals surface area contributed by atoms with Crippen LogP contribution in [0.4, 0.5) is 0 Å². The van der Waals surface area contributed by atoms with Crippen LogP contribution in [0.3, 0.4) is 0 Å². The van der Waals surface area contributed by atoms with Crippen LogP contribution in [-0.2, 0) is 4.79 Å². The molecule has 2 rings (SSSR count). The fourth-order valence-corrected chi connectivity index (χ4v) is 1.77. The molecule has 1 amide bonds. The molecule has 1 aliphatic heterocycles. The number of aromatic nitrogens is 2. The van der Waals surface area contributed by atoms with Crippen LogP contribution in [0.15, 0.2) is 12.3 Å². The number of hydrogen-bond acceptors (Lipinski definition) is 5. The topological polar surface area (TPSA) is 58.6 Å². The molecule has 0 spiro atoms. The minimum atomic E-state index is -0.00629. The summed E-state index contributed by atoms with van der Waals surface area (Å²) in [6.45, 7) is 5.20. The van der Waals surface area contributed by atoms with Crippen molar-refractivity contribution in [3.05, 3.63) is 18.0 Å². The zero-order valence-electron chi connectivity index (χ0n) is 10.8. The van der Waals surface area contributed by atoms with Gasteiger partial charge in [0.05, 0.1) is 0 Å². The number of likely N-dealkylation sites (N-methyl/N-ethyl adjacent to an activating group) is 1. The first-order chi connectivity index (χ1) is 8.65. The molecule has 0 aromatic carbocycles. The van der Waals surface area contributed by atoms with E-state index in [2.05, 4.69) is 21.9 Å². The summed E-state index contributed by atoms with van der Waals surface area (Å²) >= 11 is 0. The second kappa shape index (κ2) is 5.77. The number of hydrogen-bond donors (Lipinski definition) is 0. The number of amides is 1. The van der Waals surface area contributed by atoms with E-state index in [1.54, 1.807) is 12.3 Å². The molecule has 98 valence electrons. The van der Waals surface area contributed by atoms with Gasteiger partial charge in [-0.3, -0.25) is 4.79 Å². The van der Waals surface area contributed by atoms with Crippen LogP contribution >= 0.6 is 0 Å². The van der Waals surface area contributed by atoms with Gasteiger partial charge in [-0.1, -0.05) is 0 Å². The molecule has 1 aromatic heterocycles. The van der Waals surface area contributed by atoms with Gasteiger partial charge in [0.25, 0.3) is 5.91 Å². The van der Waals surface area contributed by atoms with Gasteiger partial charge in [0.15, 0.2) is 6.61 Å². The van der Waals surface area contributed by atoms with Crippen molar-refractivity contribution in [3.8, 4) is 6.01 Å². The molecular weight excluding hydrogens is 232 g/mol. The molecule has 0 N–H and O–H groups in total. The maximum Gasteiger partial charge on any atom is 0.317 e. The van der Waals surface area contributed by atoms with Crippen molar-refractivity contribution in [2.45, 2.75) is 6.92 Å². The third-order valence-electron chi connectivity index (χ3n) is 2.95. The van der Waals surface area contributed by atoms with Gasteiger partial charge in [0.2, 0.25) is 0 Å². The fourth-order valence-electron chi connectivity index (χ4n) is 1.77. The summed E-state index contributed by atoms with van der Waals surface area (Å²) in [7, 11) is 2.05. The van der Waals surface area contributed by atoms with E-state index in [1.807, 2.05) is 11.8 Å². The Hall–Kier alpha value is -1.69. The maximum atomic E-state index is 11.9. The lowest BCUT2D eigenvalue weighted by molar-refractivity contribution is -0.135. The number of carbonyl (C=O) groups excluding carboxylic acids is 1. The minimum Gasteiger partial charge on any atom is -0.453 e. The van der Waals surface area contributed by atoms with Crippen LogP contribution in [-0.4, -0.2) is 65.5 Å². The molecule has 1 aliphatic rings. The molecule has 1 aromatic rings. The highest BCUT2D eigenvalue weighted by Crippen LogP contribution is 2.04. The van der Waals surface area contributed by atoms with Crippen molar-refractivity contribution in [1.29, 1.82) is 0 Å². The van der Waals surface area contributed by atoms with E-state index in [0.717, 1.165) is 31.9 Å². The number of ether oxygens (including phenoxy) is 1. The predicted octanol–water partition coefficient (Wildman–Crippen LogP) is -0.0622. The number of rotatable bonds is 3. The second-order valence-corrected chi connectivity index (χ2v) is 4.45. The van der Waals surface area contributed by atoms with Gasteiger partial charge in [-0.2, -0.15) is 0 Å². The molecule has 6 heteroatoms. The van der Waals surface area contributed by atoms with Gasteiger partial charge in [-0.25, -0.2) is 9.97 Å². The zero-order chi connectivity index (χ0) is 13.0. The Kier molecular flexibility index (Phi) is 4.09. The van der Waals surface area contributed by atoms with Crippen LogP contribution in [0.5, 0.6) is 6.01 Å². The molecule has 0 atom stereocenters. The molecule has 1 saturated heterocycles. The van der Waals surface area contributed by atoms with E-state index < -0.39 is 0 Å². The van der Waals surface area contributed by atoms with E-state index in [0.29, 0.717) is 0 Å². The largest absolute Gasteiger partial charge is 0.453 e. The standard InChI is InChI=1S/C12H18N4O2/c1-10-3-4-13-12(14-10)18-9-11(17)16-7-5-15(2)6-8-16/h3-4H,5-9H2,1-2H3. The van der Waals surface area contributed by atoms with Gasteiger partial charge in [-0.15, -0.1) is 0 Å². The van der Waals surface area contributed by atoms with Gasteiger partial charge in [-0.05, 0) is 20.0 Å². The lowest BCUT2D eigenvalue weighted by atomic mass is 10.3. The molecule has 0 saturated carbocycles. The Labute approximate surface area is 107 Å². The number of carbonyl (C=O) groups is 1. The predicted molar refractivity (Wildman–Crippen MR) is 66.3 cm³/mol. The molecule has 18 heavy (non-hydrogen) atoms. The Morgan fingerprint density at radius 3 is 2.78 bits per heavy atom. The smallest absolute Gasteiger partial charge is 0.317 e. The van der Waals surface area contributed by atoms with Gasteiger partial charge in [0.1, 0.15) is 0 Å². The lowest BCUT2D eigenvalue weighted by Gasteiger charge is -2.32.